The van der Waals surface area contributed by atoms with Gasteiger partial charge in [-0.05, 0) is 18.9 Å². The second kappa shape index (κ2) is 5.99. The average Bonchev–Trinajstić information content (AvgIpc) is 3.18. The molecule has 0 saturated carbocycles. The van der Waals surface area contributed by atoms with Crippen molar-refractivity contribution in [3.63, 3.8) is 0 Å². The summed E-state index contributed by atoms with van der Waals surface area (Å²) in [6.45, 7) is 1.29. The van der Waals surface area contributed by atoms with Crippen LogP contribution in [0.1, 0.15) is 18.5 Å². The fourth-order valence-corrected chi connectivity index (χ4v) is 2.98. The summed E-state index contributed by atoms with van der Waals surface area (Å²) in [6.07, 6.45) is 4.47. The zero-order chi connectivity index (χ0) is 18.3. The van der Waals surface area contributed by atoms with Gasteiger partial charge in [-0.15, -0.1) is 0 Å². The van der Waals surface area contributed by atoms with Crippen LogP contribution in [-0.2, 0) is 0 Å². The van der Waals surface area contributed by atoms with Crippen LogP contribution in [0.25, 0.3) is 11.7 Å². The number of fused-ring (bicyclic) bond motifs is 1. The number of nitrogens with one attached hydrogen (secondary N) is 3. The van der Waals surface area contributed by atoms with Gasteiger partial charge in [0.1, 0.15) is 5.69 Å². The van der Waals surface area contributed by atoms with Crippen molar-refractivity contribution in [1.29, 1.82) is 10.7 Å². The lowest BCUT2D eigenvalue weighted by Crippen LogP contribution is -2.36. The van der Waals surface area contributed by atoms with E-state index >= 15 is 0 Å². The SMILES string of the molecule is N#CC1CCN(c2nc(=N)n3ncc(=Cc4[nH]c(=O)[nH]c4O)c3n2)CC1. The molecule has 26 heavy (non-hydrogen) atoms. The van der Waals surface area contributed by atoms with E-state index in [4.69, 9.17) is 10.7 Å². The third-order valence-corrected chi connectivity index (χ3v) is 4.38. The maximum atomic E-state index is 11.3. The van der Waals surface area contributed by atoms with Crippen molar-refractivity contribution in [3.8, 4) is 11.9 Å². The number of anilines is 1. The summed E-state index contributed by atoms with van der Waals surface area (Å²) in [5, 5.41) is 31.4. The number of aromatic hydroxyl groups is 1. The Morgan fingerprint density at radius 1 is 1.35 bits per heavy atom. The highest BCUT2D eigenvalue weighted by Gasteiger charge is 2.21. The second-order valence-electron chi connectivity index (χ2n) is 6.06. The Balaban J connectivity index is 1.79. The van der Waals surface area contributed by atoms with Crippen molar-refractivity contribution >= 4 is 17.7 Å². The van der Waals surface area contributed by atoms with Gasteiger partial charge in [-0.1, -0.05) is 0 Å². The number of imidazole rings is 1. The number of nitriles is 1. The summed E-state index contributed by atoms with van der Waals surface area (Å²) in [7, 11) is 0. The average molecular weight is 353 g/mol. The third kappa shape index (κ3) is 2.67. The van der Waals surface area contributed by atoms with Gasteiger partial charge in [-0.3, -0.25) is 10.4 Å². The molecule has 1 fully saturated rings. The molecule has 0 aliphatic carbocycles. The number of nitrogens with zero attached hydrogens (tertiary/aromatic N) is 6. The van der Waals surface area contributed by atoms with Gasteiger partial charge >= 0.3 is 5.69 Å². The predicted octanol–water partition coefficient (Wildman–Crippen LogP) is -1.39. The molecule has 0 bridgehead atoms. The quantitative estimate of drug-likeness (QED) is 0.441. The van der Waals surface area contributed by atoms with Crippen LogP contribution in [0, 0.1) is 22.7 Å². The Hall–Kier alpha value is -3.68. The van der Waals surface area contributed by atoms with Gasteiger partial charge in [0.25, 0.3) is 0 Å². The van der Waals surface area contributed by atoms with Crippen LogP contribution < -0.4 is 21.4 Å². The minimum absolute atomic E-state index is 0.0395. The van der Waals surface area contributed by atoms with E-state index in [-0.39, 0.29) is 23.1 Å². The highest BCUT2D eigenvalue weighted by molar-refractivity contribution is 5.57. The zero-order valence-corrected chi connectivity index (χ0v) is 13.6. The molecule has 0 aromatic carbocycles. The fraction of sp³-hybridized carbons (Fsp3) is 0.333. The molecule has 4 heterocycles. The number of hydrogen-bond acceptors (Lipinski definition) is 8. The first-order chi connectivity index (χ1) is 12.5. The van der Waals surface area contributed by atoms with E-state index in [1.807, 2.05) is 4.90 Å². The number of H-pyrrole nitrogens is 2. The molecule has 132 valence electrons. The second-order valence-corrected chi connectivity index (χ2v) is 6.06. The number of aromatic amines is 2. The van der Waals surface area contributed by atoms with Gasteiger partial charge < -0.3 is 15.0 Å². The number of hydrogen-bond donors (Lipinski definition) is 4. The molecule has 0 unspecified atom stereocenters. The molecule has 11 heteroatoms. The lowest BCUT2D eigenvalue weighted by molar-refractivity contribution is 0.454. The van der Waals surface area contributed by atoms with Gasteiger partial charge in [-0.2, -0.15) is 24.8 Å². The predicted molar refractivity (Wildman–Crippen MR) is 89.0 cm³/mol. The van der Waals surface area contributed by atoms with Crippen LogP contribution in [0.5, 0.6) is 5.88 Å². The van der Waals surface area contributed by atoms with Crippen molar-refractivity contribution in [2.45, 2.75) is 12.8 Å². The van der Waals surface area contributed by atoms with Crippen LogP contribution in [-0.4, -0.2) is 47.7 Å². The molecule has 0 spiro atoms. The summed E-state index contributed by atoms with van der Waals surface area (Å²) in [5.41, 5.74) is -0.00351. The third-order valence-electron chi connectivity index (χ3n) is 4.38. The monoisotopic (exact) mass is 353 g/mol. The zero-order valence-electron chi connectivity index (χ0n) is 13.6. The van der Waals surface area contributed by atoms with E-state index in [2.05, 4.69) is 31.1 Å². The Kier molecular flexibility index (Phi) is 3.65. The summed E-state index contributed by atoms with van der Waals surface area (Å²) < 4.78 is 1.28. The molecule has 4 rings (SSSR count). The minimum atomic E-state index is -0.526. The van der Waals surface area contributed by atoms with E-state index in [0.717, 1.165) is 12.8 Å². The number of rotatable bonds is 2. The molecule has 3 aromatic rings. The molecule has 1 aliphatic rings. The summed E-state index contributed by atoms with van der Waals surface area (Å²) >= 11 is 0. The fourth-order valence-electron chi connectivity index (χ4n) is 2.98. The van der Waals surface area contributed by atoms with Crippen LogP contribution >= 0.6 is 0 Å². The molecular weight excluding hydrogens is 338 g/mol. The van der Waals surface area contributed by atoms with Crippen LogP contribution in [0.3, 0.4) is 0 Å². The van der Waals surface area contributed by atoms with Gasteiger partial charge in [0.2, 0.25) is 17.4 Å². The molecule has 0 radical (unpaired) electrons. The molecule has 1 saturated heterocycles. The Morgan fingerprint density at radius 2 is 2.12 bits per heavy atom. The first kappa shape index (κ1) is 15.8. The first-order valence-electron chi connectivity index (χ1n) is 8.03. The van der Waals surface area contributed by atoms with Crippen LogP contribution in [0.15, 0.2) is 11.0 Å². The molecule has 11 nitrogen and oxygen atoms in total. The van der Waals surface area contributed by atoms with E-state index in [0.29, 0.717) is 29.9 Å². The van der Waals surface area contributed by atoms with E-state index in [9.17, 15) is 9.90 Å². The van der Waals surface area contributed by atoms with Crippen molar-refractivity contribution in [1.82, 2.24) is 29.5 Å². The normalized spacial score (nSPS) is 16.3. The maximum Gasteiger partial charge on any atom is 0.326 e. The summed E-state index contributed by atoms with van der Waals surface area (Å²) in [6, 6.07) is 2.28. The molecule has 0 atom stereocenters. The standard InChI is InChI=1S/C15H15N9O2/c16-6-8-1-3-23(4-2-8)14-20-11-9(7-18-24(11)13(17)22-14)5-10-12(25)21-15(26)19-10/h5,7-8,17,25H,1-4H2,(H2,19,21,26). The van der Waals surface area contributed by atoms with Crippen LogP contribution in [0.2, 0.25) is 0 Å². The molecule has 1 aliphatic heterocycles. The molecular formula is C15H15N9O2. The Labute approximate surface area is 145 Å². The Morgan fingerprint density at radius 3 is 2.77 bits per heavy atom. The summed E-state index contributed by atoms with van der Waals surface area (Å²) in [4.78, 5) is 26.6. The summed E-state index contributed by atoms with van der Waals surface area (Å²) in [5.74, 6) is 0.159. The first-order valence-corrected chi connectivity index (χ1v) is 8.03. The highest BCUT2D eigenvalue weighted by Crippen LogP contribution is 2.19. The van der Waals surface area contributed by atoms with Gasteiger partial charge in [0.05, 0.1) is 12.3 Å². The number of piperidine rings is 1. The van der Waals surface area contributed by atoms with E-state index < -0.39 is 5.69 Å². The van der Waals surface area contributed by atoms with Crippen molar-refractivity contribution in [3.05, 3.63) is 33.2 Å². The minimum Gasteiger partial charge on any atom is -0.493 e. The van der Waals surface area contributed by atoms with Gasteiger partial charge in [0.15, 0.2) is 5.65 Å². The van der Waals surface area contributed by atoms with Crippen molar-refractivity contribution < 1.29 is 5.11 Å². The largest absolute Gasteiger partial charge is 0.493 e. The van der Waals surface area contributed by atoms with E-state index in [1.54, 1.807) is 0 Å². The van der Waals surface area contributed by atoms with Gasteiger partial charge in [-0.25, -0.2) is 4.79 Å². The lowest BCUT2D eigenvalue weighted by atomic mass is 9.99. The molecule has 0 amide bonds. The van der Waals surface area contributed by atoms with Gasteiger partial charge in [0, 0.05) is 24.2 Å². The maximum absolute atomic E-state index is 11.3. The topological polar surface area (TPSA) is 163 Å². The molecule has 4 N–H and O–H groups in total. The van der Waals surface area contributed by atoms with E-state index in [1.165, 1.54) is 16.8 Å². The smallest absolute Gasteiger partial charge is 0.326 e. The van der Waals surface area contributed by atoms with Crippen LogP contribution in [0.4, 0.5) is 5.95 Å². The Bertz CT molecular complexity index is 1170. The van der Waals surface area contributed by atoms with Crippen molar-refractivity contribution in [2.75, 3.05) is 18.0 Å². The molecule has 3 aromatic heterocycles. The number of aromatic nitrogens is 6. The highest BCUT2D eigenvalue weighted by atomic mass is 16.3. The lowest BCUT2D eigenvalue weighted by Gasteiger charge is -2.28. The van der Waals surface area contributed by atoms with Crippen molar-refractivity contribution in [2.24, 2.45) is 5.92 Å².